The maximum atomic E-state index is 12.1. The molecule has 0 aliphatic carbocycles. The molecule has 108 valence electrons. The number of fused-ring (bicyclic) bond motifs is 1. The average Bonchev–Trinajstić information content (AvgIpc) is 2.87. The lowest BCUT2D eigenvalue weighted by atomic mass is 10.1. The largest absolute Gasteiger partial charge is 0.489 e. The Hall–Kier alpha value is -2.05. The SMILES string of the molecule is O=C(NC1COc2c1ccc(Cl)c2Cl)c1ccc(=O)[nH]n1. The summed E-state index contributed by atoms with van der Waals surface area (Å²) in [5.41, 5.74) is 0.493. The second-order valence-corrected chi connectivity index (χ2v) is 5.21. The molecule has 2 heterocycles. The van der Waals surface area contributed by atoms with Gasteiger partial charge in [-0.15, -0.1) is 0 Å². The van der Waals surface area contributed by atoms with E-state index in [9.17, 15) is 9.59 Å². The zero-order chi connectivity index (χ0) is 15.0. The summed E-state index contributed by atoms with van der Waals surface area (Å²) in [4.78, 5) is 23.0. The van der Waals surface area contributed by atoms with Gasteiger partial charge in [-0.1, -0.05) is 29.3 Å². The predicted octanol–water partition coefficient (Wildman–Crippen LogP) is 1.94. The van der Waals surface area contributed by atoms with Crippen LogP contribution in [-0.2, 0) is 0 Å². The van der Waals surface area contributed by atoms with E-state index in [4.69, 9.17) is 27.9 Å². The highest BCUT2D eigenvalue weighted by molar-refractivity contribution is 6.43. The zero-order valence-corrected chi connectivity index (χ0v) is 12.0. The van der Waals surface area contributed by atoms with Crippen LogP contribution in [0, 0.1) is 0 Å². The number of amides is 1. The van der Waals surface area contributed by atoms with Crippen molar-refractivity contribution in [3.63, 3.8) is 0 Å². The van der Waals surface area contributed by atoms with Gasteiger partial charge < -0.3 is 10.1 Å². The summed E-state index contributed by atoms with van der Waals surface area (Å²) in [7, 11) is 0. The minimum Gasteiger partial charge on any atom is -0.489 e. The second kappa shape index (κ2) is 5.38. The number of benzene rings is 1. The topological polar surface area (TPSA) is 84.1 Å². The van der Waals surface area contributed by atoms with E-state index in [1.807, 2.05) is 0 Å². The molecule has 3 rings (SSSR count). The molecule has 1 aliphatic rings. The number of rotatable bonds is 2. The van der Waals surface area contributed by atoms with Crippen molar-refractivity contribution in [3.8, 4) is 5.75 Å². The fourth-order valence-electron chi connectivity index (χ4n) is 2.05. The third-order valence-corrected chi connectivity index (χ3v) is 3.85. The van der Waals surface area contributed by atoms with E-state index in [-0.39, 0.29) is 23.9 Å². The molecule has 1 aliphatic heterocycles. The summed E-state index contributed by atoms with van der Waals surface area (Å²) in [6.45, 7) is 0.254. The van der Waals surface area contributed by atoms with Crippen LogP contribution in [0.4, 0.5) is 0 Å². The van der Waals surface area contributed by atoms with E-state index in [1.54, 1.807) is 12.1 Å². The maximum Gasteiger partial charge on any atom is 0.272 e. The van der Waals surface area contributed by atoms with Gasteiger partial charge >= 0.3 is 0 Å². The Labute approximate surface area is 129 Å². The van der Waals surface area contributed by atoms with Crippen LogP contribution >= 0.6 is 23.2 Å². The molecule has 0 saturated heterocycles. The van der Waals surface area contributed by atoms with Crippen LogP contribution in [0.25, 0.3) is 0 Å². The molecule has 21 heavy (non-hydrogen) atoms. The predicted molar refractivity (Wildman–Crippen MR) is 77.0 cm³/mol. The van der Waals surface area contributed by atoms with Crippen molar-refractivity contribution in [2.75, 3.05) is 6.61 Å². The van der Waals surface area contributed by atoms with Crippen molar-refractivity contribution in [2.24, 2.45) is 0 Å². The molecular weight excluding hydrogens is 317 g/mol. The summed E-state index contributed by atoms with van der Waals surface area (Å²) in [5, 5.41) is 9.36. The number of H-pyrrole nitrogens is 1. The van der Waals surface area contributed by atoms with Crippen molar-refractivity contribution in [1.29, 1.82) is 0 Å². The summed E-state index contributed by atoms with van der Waals surface area (Å²) in [6, 6.07) is 5.63. The van der Waals surface area contributed by atoms with Gasteiger partial charge in [0, 0.05) is 11.6 Å². The number of nitrogens with zero attached hydrogens (tertiary/aromatic N) is 1. The third kappa shape index (κ3) is 2.59. The van der Waals surface area contributed by atoms with Crippen LogP contribution in [0.2, 0.25) is 10.0 Å². The first kappa shape index (κ1) is 13.9. The fourth-order valence-corrected chi connectivity index (χ4v) is 2.42. The minimum absolute atomic E-state index is 0.114. The molecular formula is C13H9Cl2N3O3. The van der Waals surface area contributed by atoms with Crippen molar-refractivity contribution in [1.82, 2.24) is 15.5 Å². The summed E-state index contributed by atoms with van der Waals surface area (Å²) in [6.07, 6.45) is 0. The molecule has 1 atom stereocenters. The van der Waals surface area contributed by atoms with Gasteiger partial charge in [0.2, 0.25) is 0 Å². The highest BCUT2D eigenvalue weighted by Gasteiger charge is 2.29. The molecule has 1 aromatic carbocycles. The molecule has 0 radical (unpaired) electrons. The number of ether oxygens (including phenoxy) is 1. The summed E-state index contributed by atoms with van der Waals surface area (Å²) < 4.78 is 5.47. The Morgan fingerprint density at radius 3 is 2.86 bits per heavy atom. The normalized spacial score (nSPS) is 16.2. The lowest BCUT2D eigenvalue weighted by Crippen LogP contribution is -2.30. The Balaban J connectivity index is 1.82. The van der Waals surface area contributed by atoms with Gasteiger partial charge in [0.05, 0.1) is 11.1 Å². The van der Waals surface area contributed by atoms with Gasteiger partial charge in [0.1, 0.15) is 23.1 Å². The van der Waals surface area contributed by atoms with Gasteiger partial charge in [-0.2, -0.15) is 5.10 Å². The number of aromatic nitrogens is 2. The smallest absolute Gasteiger partial charge is 0.272 e. The summed E-state index contributed by atoms with van der Waals surface area (Å²) in [5.74, 6) is 0.0580. The number of nitrogens with one attached hydrogen (secondary N) is 2. The number of aromatic amines is 1. The highest BCUT2D eigenvalue weighted by atomic mass is 35.5. The van der Waals surface area contributed by atoms with Crippen LogP contribution in [0.15, 0.2) is 29.1 Å². The highest BCUT2D eigenvalue weighted by Crippen LogP contribution is 2.42. The first-order chi connectivity index (χ1) is 10.1. The zero-order valence-electron chi connectivity index (χ0n) is 10.5. The molecule has 0 bridgehead atoms. The molecule has 1 aromatic heterocycles. The lowest BCUT2D eigenvalue weighted by Gasteiger charge is -2.11. The molecule has 2 N–H and O–H groups in total. The minimum atomic E-state index is -0.418. The number of carbonyl (C=O) groups is 1. The Morgan fingerprint density at radius 1 is 1.33 bits per heavy atom. The Bertz CT molecular complexity index is 755. The van der Waals surface area contributed by atoms with E-state index in [1.165, 1.54) is 12.1 Å². The second-order valence-electron chi connectivity index (χ2n) is 4.42. The number of halogens is 2. The monoisotopic (exact) mass is 325 g/mol. The van der Waals surface area contributed by atoms with Crippen LogP contribution < -0.4 is 15.6 Å². The maximum absolute atomic E-state index is 12.1. The van der Waals surface area contributed by atoms with E-state index >= 15 is 0 Å². The van der Waals surface area contributed by atoms with E-state index in [0.717, 1.165) is 5.56 Å². The average molecular weight is 326 g/mol. The van der Waals surface area contributed by atoms with E-state index in [2.05, 4.69) is 15.5 Å². The van der Waals surface area contributed by atoms with Crippen LogP contribution in [-0.4, -0.2) is 22.7 Å². The van der Waals surface area contributed by atoms with Crippen LogP contribution in [0.1, 0.15) is 22.1 Å². The molecule has 0 fully saturated rings. The van der Waals surface area contributed by atoms with Crippen LogP contribution in [0.5, 0.6) is 5.75 Å². The Kier molecular flexibility index (Phi) is 3.57. The van der Waals surface area contributed by atoms with Gasteiger partial charge in [-0.3, -0.25) is 9.59 Å². The van der Waals surface area contributed by atoms with Crippen molar-refractivity contribution in [3.05, 3.63) is 55.9 Å². The van der Waals surface area contributed by atoms with E-state index < -0.39 is 5.91 Å². The molecule has 1 unspecified atom stereocenters. The quantitative estimate of drug-likeness (QED) is 0.883. The third-order valence-electron chi connectivity index (χ3n) is 3.07. The van der Waals surface area contributed by atoms with Gasteiger partial charge in [0.25, 0.3) is 11.5 Å². The molecule has 0 saturated carbocycles. The fraction of sp³-hybridized carbons (Fsp3) is 0.154. The first-order valence-corrected chi connectivity index (χ1v) is 6.79. The molecule has 1 amide bonds. The standard InChI is InChI=1S/C13H9Cl2N3O3/c14-7-2-1-6-9(5-21-12(6)11(7)15)16-13(20)8-3-4-10(19)18-17-8/h1-4,9H,5H2,(H,16,20)(H,18,19). The number of hydrogen-bond acceptors (Lipinski definition) is 4. The Morgan fingerprint density at radius 2 is 2.14 bits per heavy atom. The van der Waals surface area contributed by atoms with Crippen molar-refractivity contribution < 1.29 is 9.53 Å². The summed E-state index contributed by atoms with van der Waals surface area (Å²) >= 11 is 12.0. The lowest BCUT2D eigenvalue weighted by molar-refractivity contribution is 0.0924. The molecule has 6 nitrogen and oxygen atoms in total. The number of hydrogen-bond donors (Lipinski definition) is 2. The molecule has 8 heteroatoms. The molecule has 0 spiro atoms. The van der Waals surface area contributed by atoms with Gasteiger partial charge in [-0.25, -0.2) is 5.10 Å². The van der Waals surface area contributed by atoms with Gasteiger partial charge in [0.15, 0.2) is 0 Å². The van der Waals surface area contributed by atoms with E-state index in [0.29, 0.717) is 15.8 Å². The van der Waals surface area contributed by atoms with Crippen molar-refractivity contribution >= 4 is 29.1 Å². The first-order valence-electron chi connectivity index (χ1n) is 6.03. The molecule has 2 aromatic rings. The van der Waals surface area contributed by atoms with Gasteiger partial charge in [-0.05, 0) is 12.1 Å². The van der Waals surface area contributed by atoms with Crippen molar-refractivity contribution in [2.45, 2.75) is 6.04 Å². The van der Waals surface area contributed by atoms with Crippen LogP contribution in [0.3, 0.4) is 0 Å². The number of carbonyl (C=O) groups excluding carboxylic acids is 1.